The maximum absolute atomic E-state index is 11.5. The first-order chi connectivity index (χ1) is 8.02. The summed E-state index contributed by atoms with van der Waals surface area (Å²) in [5.41, 5.74) is 0.910. The maximum atomic E-state index is 11.5. The van der Waals surface area contributed by atoms with Crippen LogP contribution in [0.25, 0.3) is 0 Å². The number of urea groups is 1. The standard InChI is InChI=1S/C12H17N3O2/c1-4-15-6-5-11(16)10(8-15)14-12(17)13-7-9(2)3/h5-6,8H,2,4,7H2,1,3H3,(H2,13,14,17). The molecule has 0 atom stereocenters. The van der Waals surface area contributed by atoms with Gasteiger partial charge < -0.3 is 15.2 Å². The first-order valence-electron chi connectivity index (χ1n) is 5.42. The second-order valence-corrected chi connectivity index (χ2v) is 3.82. The van der Waals surface area contributed by atoms with Gasteiger partial charge in [-0.15, -0.1) is 0 Å². The molecule has 1 aromatic heterocycles. The number of rotatable bonds is 4. The number of aromatic nitrogens is 1. The van der Waals surface area contributed by atoms with Gasteiger partial charge in [0.25, 0.3) is 0 Å². The number of carbonyl (C=O) groups is 1. The number of carbonyl (C=O) groups excluding carboxylic acids is 1. The summed E-state index contributed by atoms with van der Waals surface area (Å²) in [6.45, 7) is 8.56. The van der Waals surface area contributed by atoms with Gasteiger partial charge in [0.2, 0.25) is 5.43 Å². The monoisotopic (exact) mass is 235 g/mol. The fourth-order valence-corrected chi connectivity index (χ4v) is 1.21. The van der Waals surface area contributed by atoms with Crippen molar-refractivity contribution in [2.45, 2.75) is 20.4 Å². The highest BCUT2D eigenvalue weighted by atomic mass is 16.2. The molecule has 0 aliphatic carbocycles. The third kappa shape index (κ3) is 4.14. The third-order valence-electron chi connectivity index (χ3n) is 2.14. The molecule has 2 N–H and O–H groups in total. The van der Waals surface area contributed by atoms with Crippen LogP contribution in [0.4, 0.5) is 10.5 Å². The molecule has 0 aliphatic rings. The summed E-state index contributed by atoms with van der Waals surface area (Å²) in [6, 6.07) is 1.02. The van der Waals surface area contributed by atoms with Crippen LogP contribution in [0.2, 0.25) is 0 Å². The van der Waals surface area contributed by atoms with E-state index in [9.17, 15) is 9.59 Å². The number of amides is 2. The summed E-state index contributed by atoms with van der Waals surface area (Å²) in [6.07, 6.45) is 3.29. The van der Waals surface area contributed by atoms with Gasteiger partial charge >= 0.3 is 6.03 Å². The molecule has 1 heterocycles. The van der Waals surface area contributed by atoms with Gasteiger partial charge in [-0.1, -0.05) is 12.2 Å². The van der Waals surface area contributed by atoms with Crippen molar-refractivity contribution < 1.29 is 4.79 Å². The van der Waals surface area contributed by atoms with Crippen LogP contribution >= 0.6 is 0 Å². The summed E-state index contributed by atoms with van der Waals surface area (Å²) < 4.78 is 1.82. The molecule has 5 heteroatoms. The average Bonchev–Trinajstić information content (AvgIpc) is 2.29. The quantitative estimate of drug-likeness (QED) is 0.778. The van der Waals surface area contributed by atoms with Crippen LogP contribution in [0.5, 0.6) is 0 Å². The van der Waals surface area contributed by atoms with E-state index in [1.165, 1.54) is 6.07 Å². The summed E-state index contributed by atoms with van der Waals surface area (Å²) in [7, 11) is 0. The molecule has 0 radical (unpaired) electrons. The van der Waals surface area contributed by atoms with E-state index >= 15 is 0 Å². The smallest absolute Gasteiger partial charge is 0.319 e. The fraction of sp³-hybridized carbons (Fsp3) is 0.333. The molecule has 92 valence electrons. The SMILES string of the molecule is C=C(C)CNC(=O)Nc1cn(CC)ccc1=O. The first kappa shape index (κ1) is 13.0. The van der Waals surface area contributed by atoms with Crippen molar-refractivity contribution in [3.8, 4) is 0 Å². The average molecular weight is 235 g/mol. The molecular weight excluding hydrogens is 218 g/mol. The Morgan fingerprint density at radius 3 is 2.82 bits per heavy atom. The van der Waals surface area contributed by atoms with Crippen molar-refractivity contribution in [2.24, 2.45) is 0 Å². The van der Waals surface area contributed by atoms with Crippen molar-refractivity contribution in [1.29, 1.82) is 0 Å². The first-order valence-corrected chi connectivity index (χ1v) is 5.42. The van der Waals surface area contributed by atoms with Gasteiger partial charge in [-0.2, -0.15) is 0 Å². The van der Waals surface area contributed by atoms with E-state index in [2.05, 4.69) is 17.2 Å². The minimum atomic E-state index is -0.404. The summed E-state index contributed by atoms with van der Waals surface area (Å²) in [5.74, 6) is 0. The van der Waals surface area contributed by atoms with Gasteiger partial charge in [0.05, 0.1) is 0 Å². The molecule has 0 aliphatic heterocycles. The molecule has 5 nitrogen and oxygen atoms in total. The molecule has 1 aromatic rings. The Labute approximate surface area is 100 Å². The molecule has 0 bridgehead atoms. The lowest BCUT2D eigenvalue weighted by Gasteiger charge is -2.08. The Balaban J connectivity index is 2.70. The van der Waals surface area contributed by atoms with Crippen LogP contribution < -0.4 is 16.1 Å². The Morgan fingerprint density at radius 1 is 1.53 bits per heavy atom. The highest BCUT2D eigenvalue weighted by Gasteiger charge is 2.04. The minimum Gasteiger partial charge on any atom is -0.352 e. The number of nitrogens with one attached hydrogen (secondary N) is 2. The zero-order valence-corrected chi connectivity index (χ0v) is 10.1. The third-order valence-corrected chi connectivity index (χ3v) is 2.14. The molecule has 0 unspecified atom stereocenters. The van der Waals surface area contributed by atoms with Gasteiger partial charge in [0.1, 0.15) is 5.69 Å². The van der Waals surface area contributed by atoms with Gasteiger partial charge in [-0.05, 0) is 13.8 Å². The van der Waals surface area contributed by atoms with Crippen LogP contribution in [-0.2, 0) is 6.54 Å². The predicted molar refractivity (Wildman–Crippen MR) is 68.2 cm³/mol. The lowest BCUT2D eigenvalue weighted by atomic mass is 10.3. The van der Waals surface area contributed by atoms with Crippen LogP contribution in [-0.4, -0.2) is 17.1 Å². The molecule has 0 aromatic carbocycles. The Hall–Kier alpha value is -2.04. The van der Waals surface area contributed by atoms with Gasteiger partial charge in [0.15, 0.2) is 0 Å². The van der Waals surface area contributed by atoms with Gasteiger partial charge in [-0.25, -0.2) is 4.79 Å². The Morgan fingerprint density at radius 2 is 2.24 bits per heavy atom. The molecule has 0 saturated heterocycles. The Kier molecular flexibility index (Phi) is 4.51. The van der Waals surface area contributed by atoms with Crippen molar-refractivity contribution >= 4 is 11.7 Å². The summed E-state index contributed by atoms with van der Waals surface area (Å²) in [4.78, 5) is 22.9. The zero-order valence-electron chi connectivity index (χ0n) is 10.1. The molecular formula is C12H17N3O2. The molecule has 1 rings (SSSR count). The Bertz CT molecular complexity index is 477. The molecule has 0 spiro atoms. The van der Waals surface area contributed by atoms with E-state index in [1.807, 2.05) is 18.4 Å². The van der Waals surface area contributed by atoms with Crippen molar-refractivity contribution in [3.63, 3.8) is 0 Å². The molecule has 0 saturated carbocycles. The van der Waals surface area contributed by atoms with Crippen LogP contribution in [0.1, 0.15) is 13.8 Å². The highest BCUT2D eigenvalue weighted by Crippen LogP contribution is 1.99. The largest absolute Gasteiger partial charge is 0.352 e. The van der Waals surface area contributed by atoms with Gasteiger partial charge in [0, 0.05) is 31.5 Å². The van der Waals surface area contributed by atoms with Crippen LogP contribution in [0.15, 0.2) is 35.4 Å². The van der Waals surface area contributed by atoms with Crippen molar-refractivity contribution in [2.75, 3.05) is 11.9 Å². The van der Waals surface area contributed by atoms with Gasteiger partial charge in [-0.3, -0.25) is 4.79 Å². The van der Waals surface area contributed by atoms with E-state index in [4.69, 9.17) is 0 Å². The van der Waals surface area contributed by atoms with E-state index in [-0.39, 0.29) is 11.1 Å². The van der Waals surface area contributed by atoms with E-state index in [0.717, 1.165) is 12.1 Å². The highest BCUT2D eigenvalue weighted by molar-refractivity contribution is 5.89. The number of aryl methyl sites for hydroxylation is 1. The molecule has 2 amide bonds. The number of nitrogens with zero attached hydrogens (tertiary/aromatic N) is 1. The number of hydrogen-bond acceptors (Lipinski definition) is 2. The van der Waals surface area contributed by atoms with Crippen LogP contribution in [0, 0.1) is 0 Å². The normalized spacial score (nSPS) is 9.76. The number of hydrogen-bond donors (Lipinski definition) is 2. The van der Waals surface area contributed by atoms with Crippen LogP contribution in [0.3, 0.4) is 0 Å². The lowest BCUT2D eigenvalue weighted by Crippen LogP contribution is -2.31. The maximum Gasteiger partial charge on any atom is 0.319 e. The second kappa shape index (κ2) is 5.89. The van der Waals surface area contributed by atoms with Crippen molar-refractivity contribution in [1.82, 2.24) is 9.88 Å². The zero-order chi connectivity index (χ0) is 12.8. The number of pyridine rings is 1. The predicted octanol–water partition coefficient (Wildman–Crippen LogP) is 1.57. The van der Waals surface area contributed by atoms with E-state index < -0.39 is 6.03 Å². The number of anilines is 1. The van der Waals surface area contributed by atoms with Crippen molar-refractivity contribution in [3.05, 3.63) is 40.8 Å². The molecule has 0 fully saturated rings. The van der Waals surface area contributed by atoms with E-state index in [1.54, 1.807) is 12.4 Å². The van der Waals surface area contributed by atoms with E-state index in [0.29, 0.717) is 6.54 Å². The summed E-state index contributed by atoms with van der Waals surface area (Å²) >= 11 is 0. The lowest BCUT2D eigenvalue weighted by molar-refractivity contribution is 0.253. The minimum absolute atomic E-state index is 0.208. The summed E-state index contributed by atoms with van der Waals surface area (Å²) in [5, 5.41) is 5.11. The second-order valence-electron chi connectivity index (χ2n) is 3.82. The topological polar surface area (TPSA) is 63.1 Å². The molecule has 17 heavy (non-hydrogen) atoms. The fourth-order valence-electron chi connectivity index (χ4n) is 1.21.